The quantitative estimate of drug-likeness (QED) is 0.671. The number of nitrogens with one attached hydrogen (secondary N) is 1. The van der Waals surface area contributed by atoms with Gasteiger partial charge in [-0.05, 0) is 43.3 Å². The van der Waals surface area contributed by atoms with Crippen LogP contribution in [0.3, 0.4) is 0 Å². The molecule has 0 aliphatic rings. The highest BCUT2D eigenvalue weighted by molar-refractivity contribution is 6.30. The van der Waals surface area contributed by atoms with Gasteiger partial charge in [0.25, 0.3) is 0 Å². The molecule has 136 valence electrons. The number of carbonyl (C=O) groups excluding carboxylic acids is 1. The summed E-state index contributed by atoms with van der Waals surface area (Å²) in [6, 6.07) is 15.1. The highest BCUT2D eigenvalue weighted by Crippen LogP contribution is 2.21. The molecule has 0 bridgehead atoms. The molecule has 0 radical (unpaired) electrons. The van der Waals surface area contributed by atoms with E-state index in [4.69, 9.17) is 21.3 Å². The third-order valence-corrected chi connectivity index (χ3v) is 4.42. The molecule has 1 amide bonds. The Morgan fingerprint density at radius 2 is 1.96 bits per heavy atom. The largest absolute Gasteiger partial charge is 0.492 e. The highest BCUT2D eigenvalue weighted by Gasteiger charge is 2.17. The molecule has 3 rings (SSSR count). The lowest BCUT2D eigenvalue weighted by Gasteiger charge is -2.16. The molecule has 0 fully saturated rings. The van der Waals surface area contributed by atoms with Crippen LogP contribution in [0, 0.1) is 0 Å². The maximum Gasteiger partial charge on any atom is 0.220 e. The molecule has 0 saturated carbocycles. The van der Waals surface area contributed by atoms with Gasteiger partial charge in [0.05, 0.1) is 23.6 Å². The first-order valence-corrected chi connectivity index (χ1v) is 9.09. The molecule has 3 aromatic rings. The molecule has 1 atom stereocenters. The summed E-state index contributed by atoms with van der Waals surface area (Å²) in [5.41, 5.74) is 1.94. The Morgan fingerprint density at radius 3 is 2.69 bits per heavy atom. The van der Waals surface area contributed by atoms with Gasteiger partial charge in [-0.3, -0.25) is 4.79 Å². The number of ether oxygens (including phenoxy) is 1. The van der Waals surface area contributed by atoms with E-state index in [0.717, 1.165) is 22.6 Å². The molecule has 2 aromatic carbocycles. The van der Waals surface area contributed by atoms with E-state index < -0.39 is 0 Å². The van der Waals surface area contributed by atoms with Crippen LogP contribution in [-0.2, 0) is 11.3 Å². The fraction of sp³-hybridized carbons (Fsp3) is 0.300. The van der Waals surface area contributed by atoms with Crippen LogP contribution < -0.4 is 10.1 Å². The van der Waals surface area contributed by atoms with Crippen LogP contribution in [0.4, 0.5) is 0 Å². The van der Waals surface area contributed by atoms with E-state index >= 15 is 0 Å². The molecule has 0 aliphatic heterocycles. The van der Waals surface area contributed by atoms with Gasteiger partial charge in [-0.1, -0.05) is 30.7 Å². The number of carbonyl (C=O) groups is 1. The van der Waals surface area contributed by atoms with Crippen LogP contribution in [0.25, 0.3) is 11.0 Å². The Labute approximate surface area is 157 Å². The number of hydrogen-bond donors (Lipinski definition) is 1. The van der Waals surface area contributed by atoms with Crippen molar-refractivity contribution in [2.75, 3.05) is 6.61 Å². The van der Waals surface area contributed by atoms with Gasteiger partial charge in [0, 0.05) is 11.4 Å². The van der Waals surface area contributed by atoms with Crippen LogP contribution >= 0.6 is 11.6 Å². The van der Waals surface area contributed by atoms with Crippen molar-refractivity contribution >= 4 is 28.5 Å². The first-order valence-electron chi connectivity index (χ1n) is 8.71. The summed E-state index contributed by atoms with van der Waals surface area (Å²) in [4.78, 5) is 16.5. The molecule has 0 saturated heterocycles. The lowest BCUT2D eigenvalue weighted by molar-refractivity contribution is -0.121. The summed E-state index contributed by atoms with van der Waals surface area (Å²) >= 11 is 5.90. The standard InChI is InChI=1S/C20H22ClN3O2/c1-3-19(25)22-14(2)20-23-17-6-4-5-7-18(17)24(20)12-13-26-16-10-8-15(21)9-11-16/h4-11,14H,3,12-13H2,1-2H3,(H,22,25). The van der Waals surface area contributed by atoms with Gasteiger partial charge in [0.2, 0.25) is 5.91 Å². The van der Waals surface area contributed by atoms with Crippen LogP contribution in [0.1, 0.15) is 32.1 Å². The van der Waals surface area contributed by atoms with Crippen molar-refractivity contribution < 1.29 is 9.53 Å². The van der Waals surface area contributed by atoms with Crippen molar-refractivity contribution in [2.24, 2.45) is 0 Å². The normalized spacial score (nSPS) is 12.1. The van der Waals surface area contributed by atoms with Crippen LogP contribution in [0.5, 0.6) is 5.75 Å². The van der Waals surface area contributed by atoms with Gasteiger partial charge in [-0.25, -0.2) is 4.98 Å². The van der Waals surface area contributed by atoms with E-state index in [-0.39, 0.29) is 11.9 Å². The summed E-state index contributed by atoms with van der Waals surface area (Å²) in [5, 5.41) is 3.67. The molecular weight excluding hydrogens is 350 g/mol. The van der Waals surface area contributed by atoms with Crippen LogP contribution in [0.15, 0.2) is 48.5 Å². The van der Waals surface area contributed by atoms with E-state index in [1.54, 1.807) is 12.1 Å². The minimum Gasteiger partial charge on any atom is -0.492 e. The van der Waals surface area contributed by atoms with Crippen LogP contribution in [-0.4, -0.2) is 22.1 Å². The molecule has 0 aliphatic carbocycles. The lowest BCUT2D eigenvalue weighted by atomic mass is 10.3. The predicted octanol–water partition coefficient (Wildman–Crippen LogP) is 4.36. The smallest absolute Gasteiger partial charge is 0.220 e. The molecule has 0 spiro atoms. The lowest BCUT2D eigenvalue weighted by Crippen LogP contribution is -2.28. The molecule has 5 nitrogen and oxygen atoms in total. The van der Waals surface area contributed by atoms with E-state index in [2.05, 4.69) is 9.88 Å². The second kappa shape index (κ2) is 8.23. The molecule has 1 heterocycles. The molecule has 6 heteroatoms. The van der Waals surface area contributed by atoms with E-state index in [1.807, 2.05) is 50.2 Å². The second-order valence-corrected chi connectivity index (χ2v) is 6.49. The number of hydrogen-bond acceptors (Lipinski definition) is 3. The average molecular weight is 372 g/mol. The second-order valence-electron chi connectivity index (χ2n) is 6.06. The summed E-state index contributed by atoms with van der Waals surface area (Å²) in [6.07, 6.45) is 0.449. The van der Waals surface area contributed by atoms with Gasteiger partial charge < -0.3 is 14.6 Å². The Morgan fingerprint density at radius 1 is 1.23 bits per heavy atom. The molecule has 1 aromatic heterocycles. The monoisotopic (exact) mass is 371 g/mol. The summed E-state index contributed by atoms with van der Waals surface area (Å²) in [7, 11) is 0. The predicted molar refractivity (Wildman–Crippen MR) is 104 cm³/mol. The van der Waals surface area contributed by atoms with Crippen LogP contribution in [0.2, 0.25) is 5.02 Å². The third kappa shape index (κ3) is 4.17. The van der Waals surface area contributed by atoms with Crippen molar-refractivity contribution in [3.05, 3.63) is 59.4 Å². The number of fused-ring (bicyclic) bond motifs is 1. The Kier molecular flexibility index (Phi) is 5.78. The summed E-state index contributed by atoms with van der Waals surface area (Å²) in [5.74, 6) is 1.61. The summed E-state index contributed by atoms with van der Waals surface area (Å²) in [6.45, 7) is 4.91. The average Bonchev–Trinajstić information content (AvgIpc) is 3.02. The Hall–Kier alpha value is -2.53. The maximum atomic E-state index is 11.8. The zero-order valence-corrected chi connectivity index (χ0v) is 15.7. The number of imidazole rings is 1. The number of aromatic nitrogens is 2. The van der Waals surface area contributed by atoms with Crippen molar-refractivity contribution in [3.8, 4) is 5.75 Å². The molecule has 26 heavy (non-hydrogen) atoms. The third-order valence-electron chi connectivity index (χ3n) is 4.17. The number of para-hydroxylation sites is 2. The minimum absolute atomic E-state index is 0.00789. The van der Waals surface area contributed by atoms with Crippen molar-refractivity contribution in [1.82, 2.24) is 14.9 Å². The van der Waals surface area contributed by atoms with E-state index in [0.29, 0.717) is 24.6 Å². The van der Waals surface area contributed by atoms with Gasteiger partial charge >= 0.3 is 0 Å². The highest BCUT2D eigenvalue weighted by atomic mass is 35.5. The van der Waals surface area contributed by atoms with Gasteiger partial charge in [-0.15, -0.1) is 0 Å². The number of benzene rings is 2. The van der Waals surface area contributed by atoms with Crippen molar-refractivity contribution in [2.45, 2.75) is 32.9 Å². The van der Waals surface area contributed by atoms with Crippen molar-refractivity contribution in [3.63, 3.8) is 0 Å². The van der Waals surface area contributed by atoms with E-state index in [9.17, 15) is 4.79 Å². The number of halogens is 1. The van der Waals surface area contributed by atoms with Gasteiger partial charge in [0.1, 0.15) is 18.2 Å². The number of amides is 1. The topological polar surface area (TPSA) is 56.2 Å². The number of rotatable bonds is 7. The van der Waals surface area contributed by atoms with E-state index in [1.165, 1.54) is 0 Å². The summed E-state index contributed by atoms with van der Waals surface area (Å²) < 4.78 is 7.93. The fourth-order valence-electron chi connectivity index (χ4n) is 2.85. The zero-order chi connectivity index (χ0) is 18.5. The Bertz CT molecular complexity index is 890. The zero-order valence-electron chi connectivity index (χ0n) is 14.9. The maximum absolute atomic E-state index is 11.8. The SMILES string of the molecule is CCC(=O)NC(C)c1nc2ccccc2n1CCOc1ccc(Cl)cc1. The first kappa shape index (κ1) is 18.3. The Balaban J connectivity index is 1.79. The van der Waals surface area contributed by atoms with Gasteiger partial charge in [0.15, 0.2) is 0 Å². The minimum atomic E-state index is -0.176. The molecule has 1 N–H and O–H groups in total. The van der Waals surface area contributed by atoms with Crippen molar-refractivity contribution in [1.29, 1.82) is 0 Å². The molecule has 1 unspecified atom stereocenters. The number of nitrogens with zero attached hydrogens (tertiary/aromatic N) is 2. The van der Waals surface area contributed by atoms with Gasteiger partial charge in [-0.2, -0.15) is 0 Å². The molecular formula is C20H22ClN3O2. The first-order chi connectivity index (χ1) is 12.6. The fourth-order valence-corrected chi connectivity index (χ4v) is 2.98.